The third-order valence-electron chi connectivity index (χ3n) is 13.8. The number of likely N-dealkylation sites (N-methyl/N-ethyl adjacent to an activating group) is 1. The van der Waals surface area contributed by atoms with E-state index in [0.29, 0.717) is 17.4 Å². The van der Waals surface area contributed by atoms with Crippen LogP contribution in [0.2, 0.25) is 0 Å². The number of allylic oxidation sites excluding steroid dienone is 5. The van der Waals surface area contributed by atoms with Crippen LogP contribution in [0.5, 0.6) is 0 Å². The maximum atomic E-state index is 13.0. The van der Waals surface area contributed by atoms with Gasteiger partial charge in [-0.05, 0) is 51.4 Å². The third kappa shape index (κ3) is 54.5. The van der Waals surface area contributed by atoms with Gasteiger partial charge in [0.15, 0.2) is 0 Å². The summed E-state index contributed by atoms with van der Waals surface area (Å²) in [6, 6.07) is -0.887. The number of amides is 1. The molecular weight excluding hydrogens is 888 g/mol. The topological polar surface area (TPSA) is 108 Å². The van der Waals surface area contributed by atoms with Gasteiger partial charge in [-0.1, -0.05) is 275 Å². The highest BCUT2D eigenvalue weighted by atomic mass is 31.2. The monoisotopic (exact) mass is 1010 g/mol. The van der Waals surface area contributed by atoms with Crippen LogP contribution >= 0.6 is 7.82 Å². The standard InChI is InChI=1S/C61H119N2O6P/c1-6-8-10-12-14-16-18-20-22-24-26-28-30-31-33-35-37-39-41-43-45-47-49-51-53-55-61(65)62-59(58-69-70(66,67)68-57-56-63(3,4)5)60(64)54-52-50-48-46-44-42-40-38-36-34-32-29-27-25-23-21-19-17-15-13-11-9-7-2/h18,20,24,26,52,54,59-60,64H,6-17,19,21-23,25,27-51,53,55-58H2,1-5H3,(H-,62,65,66,67)/b20-18-,26-24-,54-52+. The van der Waals surface area contributed by atoms with Gasteiger partial charge in [0.25, 0.3) is 7.82 Å². The van der Waals surface area contributed by atoms with Crippen LogP contribution in [0.1, 0.15) is 296 Å². The molecule has 3 unspecified atom stereocenters. The fraction of sp³-hybridized carbons (Fsp3) is 0.885. The molecule has 9 heteroatoms. The Morgan fingerprint density at radius 3 is 1.19 bits per heavy atom. The van der Waals surface area contributed by atoms with E-state index >= 15 is 0 Å². The van der Waals surface area contributed by atoms with Gasteiger partial charge in [-0.25, -0.2) is 0 Å². The van der Waals surface area contributed by atoms with Gasteiger partial charge < -0.3 is 28.8 Å². The largest absolute Gasteiger partial charge is 0.756 e. The first-order chi connectivity index (χ1) is 34.0. The summed E-state index contributed by atoms with van der Waals surface area (Å²) in [6.45, 7) is 4.68. The van der Waals surface area contributed by atoms with Crippen LogP contribution in [0.15, 0.2) is 36.5 Å². The zero-order chi connectivity index (χ0) is 51.3. The number of aliphatic hydroxyl groups is 1. The van der Waals surface area contributed by atoms with Crippen molar-refractivity contribution < 1.29 is 32.9 Å². The molecular formula is C61H119N2O6P. The number of hydrogen-bond donors (Lipinski definition) is 2. The molecule has 2 N–H and O–H groups in total. The Balaban J connectivity index is 4.17. The van der Waals surface area contributed by atoms with Gasteiger partial charge in [0.2, 0.25) is 5.91 Å². The lowest BCUT2D eigenvalue weighted by Crippen LogP contribution is -2.45. The van der Waals surface area contributed by atoms with E-state index in [-0.39, 0.29) is 19.1 Å². The zero-order valence-electron chi connectivity index (χ0n) is 47.2. The molecule has 0 saturated heterocycles. The van der Waals surface area contributed by atoms with E-state index in [0.717, 1.165) is 44.9 Å². The lowest BCUT2D eigenvalue weighted by Gasteiger charge is -2.29. The number of unbranched alkanes of at least 4 members (excludes halogenated alkanes) is 39. The molecule has 0 aromatic heterocycles. The molecule has 0 aliphatic rings. The molecule has 0 aromatic carbocycles. The van der Waals surface area contributed by atoms with Gasteiger partial charge in [-0.3, -0.25) is 9.36 Å². The van der Waals surface area contributed by atoms with Crippen LogP contribution < -0.4 is 10.2 Å². The number of phosphoric acid groups is 1. The van der Waals surface area contributed by atoms with Crippen molar-refractivity contribution in [3.05, 3.63) is 36.5 Å². The van der Waals surface area contributed by atoms with Crippen molar-refractivity contribution in [3.63, 3.8) is 0 Å². The SMILES string of the molecule is CCCCCCC/C=C\C/C=C\CCCCCCCCCCCCCCCC(=O)NC(COP(=O)([O-])OCC[N+](C)(C)C)C(O)/C=C/CCCCCCCCCCCCCCCCCCCCCCC. The quantitative estimate of drug-likeness (QED) is 0.0272. The summed E-state index contributed by atoms with van der Waals surface area (Å²) in [5, 5.41) is 13.9. The van der Waals surface area contributed by atoms with E-state index in [1.807, 2.05) is 27.2 Å². The molecule has 0 spiro atoms. The van der Waals surface area contributed by atoms with Crippen molar-refractivity contribution in [1.29, 1.82) is 0 Å². The second-order valence-corrected chi connectivity index (χ2v) is 23.5. The van der Waals surface area contributed by atoms with Crippen molar-refractivity contribution in [3.8, 4) is 0 Å². The first-order valence-electron chi connectivity index (χ1n) is 30.4. The summed E-state index contributed by atoms with van der Waals surface area (Å²) in [4.78, 5) is 25.5. The van der Waals surface area contributed by atoms with E-state index < -0.39 is 20.0 Å². The molecule has 0 heterocycles. The molecule has 0 aliphatic heterocycles. The average Bonchev–Trinajstić information content (AvgIpc) is 3.32. The number of nitrogens with one attached hydrogen (secondary N) is 1. The predicted octanol–water partition coefficient (Wildman–Crippen LogP) is 17.9. The van der Waals surface area contributed by atoms with Crippen molar-refractivity contribution in [2.75, 3.05) is 40.9 Å². The molecule has 0 aliphatic carbocycles. The van der Waals surface area contributed by atoms with Crippen LogP contribution in [-0.2, 0) is 18.4 Å². The van der Waals surface area contributed by atoms with Gasteiger partial charge in [-0.15, -0.1) is 0 Å². The van der Waals surface area contributed by atoms with Gasteiger partial charge in [0.1, 0.15) is 13.2 Å². The first kappa shape index (κ1) is 68.7. The molecule has 414 valence electrons. The van der Waals surface area contributed by atoms with Gasteiger partial charge in [-0.2, -0.15) is 0 Å². The summed E-state index contributed by atoms with van der Waals surface area (Å²) in [5.74, 6) is -0.194. The third-order valence-corrected chi connectivity index (χ3v) is 14.8. The maximum absolute atomic E-state index is 13.0. The number of carbonyl (C=O) groups is 1. The number of nitrogens with zero attached hydrogens (tertiary/aromatic N) is 1. The summed E-state index contributed by atoms with van der Waals surface area (Å²) in [5.41, 5.74) is 0. The smallest absolute Gasteiger partial charge is 0.268 e. The van der Waals surface area contributed by atoms with E-state index in [2.05, 4.69) is 43.5 Å². The lowest BCUT2D eigenvalue weighted by atomic mass is 10.0. The minimum Gasteiger partial charge on any atom is -0.756 e. The molecule has 3 atom stereocenters. The molecule has 0 radical (unpaired) electrons. The van der Waals surface area contributed by atoms with E-state index in [1.54, 1.807) is 6.08 Å². The highest BCUT2D eigenvalue weighted by Gasteiger charge is 2.23. The Kier molecular flexibility index (Phi) is 51.6. The van der Waals surface area contributed by atoms with Gasteiger partial charge in [0.05, 0.1) is 39.9 Å². The Morgan fingerprint density at radius 1 is 0.500 bits per heavy atom. The summed E-state index contributed by atoms with van der Waals surface area (Å²) < 4.78 is 23.4. The van der Waals surface area contributed by atoms with Crippen LogP contribution in [0, 0.1) is 0 Å². The van der Waals surface area contributed by atoms with Crippen LogP contribution in [0.3, 0.4) is 0 Å². The van der Waals surface area contributed by atoms with E-state index in [1.165, 1.54) is 231 Å². The lowest BCUT2D eigenvalue weighted by molar-refractivity contribution is -0.870. The fourth-order valence-electron chi connectivity index (χ4n) is 9.07. The Bertz CT molecular complexity index is 1230. The number of rotatable bonds is 56. The predicted molar refractivity (Wildman–Crippen MR) is 302 cm³/mol. The van der Waals surface area contributed by atoms with Gasteiger partial charge in [0, 0.05) is 6.42 Å². The molecule has 0 bridgehead atoms. The fourth-order valence-corrected chi connectivity index (χ4v) is 9.79. The summed E-state index contributed by atoms with van der Waals surface area (Å²) in [6.07, 6.45) is 67.9. The molecule has 70 heavy (non-hydrogen) atoms. The summed E-state index contributed by atoms with van der Waals surface area (Å²) in [7, 11) is 1.27. The van der Waals surface area contributed by atoms with Crippen molar-refractivity contribution in [2.45, 2.75) is 309 Å². The molecule has 0 saturated carbocycles. The van der Waals surface area contributed by atoms with E-state index in [4.69, 9.17) is 9.05 Å². The normalized spacial score (nSPS) is 14.1. The van der Waals surface area contributed by atoms with Crippen molar-refractivity contribution >= 4 is 13.7 Å². The van der Waals surface area contributed by atoms with Crippen LogP contribution in [0.4, 0.5) is 0 Å². The van der Waals surface area contributed by atoms with Gasteiger partial charge >= 0.3 is 0 Å². The van der Waals surface area contributed by atoms with Crippen LogP contribution in [0.25, 0.3) is 0 Å². The maximum Gasteiger partial charge on any atom is 0.268 e. The highest BCUT2D eigenvalue weighted by Crippen LogP contribution is 2.38. The van der Waals surface area contributed by atoms with Crippen molar-refractivity contribution in [1.82, 2.24) is 5.32 Å². The number of quaternary nitrogens is 1. The van der Waals surface area contributed by atoms with Crippen molar-refractivity contribution in [2.24, 2.45) is 0 Å². The average molecular weight is 1010 g/mol. The number of aliphatic hydroxyl groups excluding tert-OH is 1. The first-order valence-corrected chi connectivity index (χ1v) is 31.8. The van der Waals surface area contributed by atoms with E-state index in [9.17, 15) is 19.4 Å². The molecule has 0 aromatic rings. The minimum absolute atomic E-state index is 0.000158. The number of carbonyl (C=O) groups excluding carboxylic acids is 1. The molecule has 0 rings (SSSR count). The molecule has 1 amide bonds. The Hall–Kier alpha value is -1.28. The Labute approximate surface area is 436 Å². The highest BCUT2D eigenvalue weighted by molar-refractivity contribution is 7.45. The molecule has 8 nitrogen and oxygen atoms in total. The second kappa shape index (κ2) is 52.6. The number of phosphoric ester groups is 1. The minimum atomic E-state index is -4.60. The van der Waals surface area contributed by atoms with Crippen LogP contribution in [-0.4, -0.2) is 68.5 Å². The zero-order valence-corrected chi connectivity index (χ0v) is 48.1. The molecule has 0 fully saturated rings. The summed E-state index contributed by atoms with van der Waals surface area (Å²) >= 11 is 0. The Morgan fingerprint density at radius 2 is 0.829 bits per heavy atom. The number of hydrogen-bond acceptors (Lipinski definition) is 6. The second-order valence-electron chi connectivity index (χ2n) is 22.1.